The number of nitrogens with zero attached hydrogens (tertiary/aromatic N) is 6. The van der Waals surface area contributed by atoms with Crippen LogP contribution in [0.1, 0.15) is 78.4 Å². The molecule has 0 saturated carbocycles. The van der Waals surface area contributed by atoms with E-state index < -0.39 is 46.7 Å². The Bertz CT molecular complexity index is 1700. The van der Waals surface area contributed by atoms with E-state index in [9.17, 15) is 4.79 Å². The number of pyridine rings is 1. The van der Waals surface area contributed by atoms with Gasteiger partial charge in [0.15, 0.2) is 5.65 Å². The number of methoxy groups -OCH3 is 1. The van der Waals surface area contributed by atoms with E-state index in [4.69, 9.17) is 19.2 Å². The maximum Gasteiger partial charge on any atom is 0.410 e. The van der Waals surface area contributed by atoms with Gasteiger partial charge in [-0.3, -0.25) is 4.90 Å². The molecule has 0 aliphatic carbocycles. The van der Waals surface area contributed by atoms with Crippen molar-refractivity contribution in [2.45, 2.75) is 97.6 Å². The zero-order chi connectivity index (χ0) is 36.8. The van der Waals surface area contributed by atoms with Gasteiger partial charge in [-0.05, 0) is 74.4 Å². The number of alkyl halides is 2. The third kappa shape index (κ3) is 7.70. The number of rotatable bonds is 10. The van der Waals surface area contributed by atoms with Crippen LogP contribution in [0, 0.1) is 12.7 Å². The smallest absolute Gasteiger partial charge is 0.410 e. The second kappa shape index (κ2) is 14.0. The van der Waals surface area contributed by atoms with E-state index in [0.29, 0.717) is 34.6 Å². The Kier molecular flexibility index (Phi) is 10.5. The van der Waals surface area contributed by atoms with Gasteiger partial charge in [-0.1, -0.05) is 12.1 Å². The third-order valence-electron chi connectivity index (χ3n) is 9.23. The van der Waals surface area contributed by atoms with Crippen molar-refractivity contribution in [2.75, 3.05) is 56.6 Å². The van der Waals surface area contributed by atoms with Crippen LogP contribution in [0.4, 0.5) is 29.5 Å². The standard InChI is InChI=1S/C36H50F3N7O4/c1-21(2)44-14-16-45(17-15-44)28-18-26-30(41-23(4)42-31(26)43-32(28)48-10)40-22(3)25-12-11-13-27(29(25)37)36(38,39)35(8,9)49-24-19-46(20-24)33(47)50-34(5,6)7/h11-13,18,21-22,24H,14-17,19-20H2,1-10H3,(H,40,41,42,43)/t22-/m1/s1. The molecule has 11 nitrogen and oxygen atoms in total. The molecule has 4 heterocycles. The van der Waals surface area contributed by atoms with Gasteiger partial charge in [-0.2, -0.15) is 13.8 Å². The summed E-state index contributed by atoms with van der Waals surface area (Å²) in [6, 6.07) is 5.57. The molecule has 2 aliphatic rings. The fraction of sp³-hybridized carbons (Fsp3) is 0.611. The number of hydrogen-bond acceptors (Lipinski definition) is 10. The summed E-state index contributed by atoms with van der Waals surface area (Å²) in [5, 5.41) is 3.85. The Labute approximate surface area is 292 Å². The van der Waals surface area contributed by atoms with E-state index in [1.165, 1.54) is 30.9 Å². The first-order valence-electron chi connectivity index (χ1n) is 17.1. The van der Waals surface area contributed by atoms with Crippen LogP contribution in [0.2, 0.25) is 0 Å². The Morgan fingerprint density at radius 1 is 1.00 bits per heavy atom. The highest BCUT2D eigenvalue weighted by Gasteiger charge is 2.53. The summed E-state index contributed by atoms with van der Waals surface area (Å²) < 4.78 is 65.3. The molecule has 14 heteroatoms. The van der Waals surface area contributed by atoms with Crippen LogP contribution in [0.25, 0.3) is 11.0 Å². The molecular formula is C36H50F3N7O4. The quantitative estimate of drug-likeness (QED) is 0.246. The lowest BCUT2D eigenvalue weighted by atomic mass is 9.90. The van der Waals surface area contributed by atoms with E-state index in [1.54, 1.807) is 41.7 Å². The molecule has 1 N–H and O–H groups in total. The van der Waals surface area contributed by atoms with Gasteiger partial charge in [0.25, 0.3) is 0 Å². The van der Waals surface area contributed by atoms with Gasteiger partial charge < -0.3 is 29.3 Å². The summed E-state index contributed by atoms with van der Waals surface area (Å²) >= 11 is 0. The van der Waals surface area contributed by atoms with E-state index in [-0.39, 0.29) is 18.7 Å². The molecule has 5 rings (SSSR count). The predicted octanol–water partition coefficient (Wildman–Crippen LogP) is 6.69. The number of amides is 1. The molecule has 0 unspecified atom stereocenters. The number of aryl methyl sites for hydroxylation is 1. The average Bonchev–Trinajstić information content (AvgIpc) is 3.00. The number of hydrogen-bond donors (Lipinski definition) is 1. The normalized spacial score (nSPS) is 17.2. The van der Waals surface area contributed by atoms with Gasteiger partial charge >= 0.3 is 12.0 Å². The van der Waals surface area contributed by atoms with Crippen molar-refractivity contribution in [3.8, 4) is 5.88 Å². The number of carbonyl (C=O) groups is 1. The fourth-order valence-corrected chi connectivity index (χ4v) is 6.32. The molecule has 2 fully saturated rings. The van der Waals surface area contributed by atoms with Crippen LogP contribution in [-0.4, -0.2) is 101 Å². The number of benzene rings is 1. The van der Waals surface area contributed by atoms with Crippen LogP contribution in [0.3, 0.4) is 0 Å². The van der Waals surface area contributed by atoms with Crippen LogP contribution in [0.5, 0.6) is 5.88 Å². The molecule has 1 aromatic carbocycles. The molecule has 274 valence electrons. The van der Waals surface area contributed by atoms with Crippen LogP contribution < -0.4 is 15.0 Å². The molecule has 2 aliphatic heterocycles. The van der Waals surface area contributed by atoms with Gasteiger partial charge in [-0.25, -0.2) is 19.2 Å². The topological polar surface area (TPSA) is 105 Å². The molecule has 1 atom stereocenters. The van der Waals surface area contributed by atoms with Crippen molar-refractivity contribution in [1.29, 1.82) is 0 Å². The van der Waals surface area contributed by atoms with Gasteiger partial charge in [0.1, 0.15) is 34.3 Å². The number of halogens is 3. The molecular weight excluding hydrogens is 651 g/mol. The molecule has 0 radical (unpaired) electrons. The second-order valence-electron chi connectivity index (χ2n) is 14.9. The van der Waals surface area contributed by atoms with Crippen LogP contribution >= 0.6 is 0 Å². The predicted molar refractivity (Wildman–Crippen MR) is 187 cm³/mol. The van der Waals surface area contributed by atoms with Crippen molar-refractivity contribution in [3.63, 3.8) is 0 Å². The molecule has 1 amide bonds. The third-order valence-corrected chi connectivity index (χ3v) is 9.23. The maximum absolute atomic E-state index is 16.2. The zero-order valence-corrected chi connectivity index (χ0v) is 30.7. The number of carbonyl (C=O) groups excluding carboxylic acids is 1. The monoisotopic (exact) mass is 701 g/mol. The first-order valence-corrected chi connectivity index (χ1v) is 17.1. The molecule has 50 heavy (non-hydrogen) atoms. The number of likely N-dealkylation sites (tertiary alicyclic amines) is 1. The highest BCUT2D eigenvalue weighted by atomic mass is 19.3. The highest BCUT2D eigenvalue weighted by Crippen LogP contribution is 2.45. The number of fused-ring (bicyclic) bond motifs is 1. The van der Waals surface area contributed by atoms with E-state index in [2.05, 4.69) is 38.9 Å². The molecule has 2 aromatic heterocycles. The van der Waals surface area contributed by atoms with Crippen LogP contribution in [0.15, 0.2) is 24.3 Å². The first-order chi connectivity index (χ1) is 23.3. The summed E-state index contributed by atoms with van der Waals surface area (Å²) in [5.41, 5.74) is -2.32. The average molecular weight is 702 g/mol. The van der Waals surface area contributed by atoms with E-state index in [0.717, 1.165) is 37.9 Å². The minimum Gasteiger partial charge on any atom is -0.479 e. The molecule has 2 saturated heterocycles. The summed E-state index contributed by atoms with van der Waals surface area (Å²) in [7, 11) is 1.57. The summed E-state index contributed by atoms with van der Waals surface area (Å²) in [4.78, 5) is 32.1. The number of nitrogens with one attached hydrogen (secondary N) is 1. The minimum absolute atomic E-state index is 0.0358. The summed E-state index contributed by atoms with van der Waals surface area (Å²) in [5.74, 6) is -3.49. The van der Waals surface area contributed by atoms with Gasteiger partial charge in [0.05, 0.1) is 43.3 Å². The lowest BCUT2D eigenvalue weighted by molar-refractivity contribution is -0.236. The fourth-order valence-electron chi connectivity index (χ4n) is 6.32. The molecule has 0 bridgehead atoms. The number of aromatic nitrogens is 3. The van der Waals surface area contributed by atoms with Crippen molar-refractivity contribution in [2.24, 2.45) is 0 Å². The van der Waals surface area contributed by atoms with Crippen LogP contribution in [-0.2, 0) is 15.4 Å². The first kappa shape index (κ1) is 37.3. The largest absolute Gasteiger partial charge is 0.479 e. The van der Waals surface area contributed by atoms with Gasteiger partial charge in [-0.15, -0.1) is 0 Å². The lowest BCUT2D eigenvalue weighted by Crippen LogP contribution is -2.59. The molecule has 3 aromatic rings. The molecule has 0 spiro atoms. The van der Waals surface area contributed by atoms with Crippen molar-refractivity contribution in [1.82, 2.24) is 24.8 Å². The highest BCUT2D eigenvalue weighted by molar-refractivity contribution is 5.90. The Morgan fingerprint density at radius 2 is 1.66 bits per heavy atom. The Balaban J connectivity index is 1.37. The van der Waals surface area contributed by atoms with Gasteiger partial charge in [0, 0.05) is 37.8 Å². The number of ether oxygens (including phenoxy) is 3. The van der Waals surface area contributed by atoms with Crippen molar-refractivity contribution in [3.05, 3.63) is 47.0 Å². The van der Waals surface area contributed by atoms with E-state index in [1.807, 2.05) is 6.07 Å². The minimum atomic E-state index is -3.72. The maximum atomic E-state index is 16.2. The van der Waals surface area contributed by atoms with Crippen molar-refractivity contribution < 1.29 is 32.2 Å². The van der Waals surface area contributed by atoms with Gasteiger partial charge in [0.2, 0.25) is 5.88 Å². The summed E-state index contributed by atoms with van der Waals surface area (Å²) in [6.45, 7) is 19.0. The zero-order valence-electron chi connectivity index (χ0n) is 30.7. The summed E-state index contributed by atoms with van der Waals surface area (Å²) in [6.07, 6.45) is -1.19. The van der Waals surface area contributed by atoms with E-state index >= 15 is 13.2 Å². The SMILES string of the molecule is COc1nc2nc(C)nc(N[C@H](C)c3cccc(C(F)(F)C(C)(C)OC4CN(C(=O)OC(C)(C)C)C4)c3F)c2cc1N1CCN(C(C)C)CC1. The lowest BCUT2D eigenvalue weighted by Gasteiger charge is -2.45. The number of anilines is 2. The van der Waals surface area contributed by atoms with Crippen molar-refractivity contribution >= 4 is 28.6 Å². The number of piperazine rings is 1. The second-order valence-corrected chi connectivity index (χ2v) is 14.9. The Hall–Kier alpha value is -3.91. The Morgan fingerprint density at radius 3 is 2.26 bits per heavy atom.